The van der Waals surface area contributed by atoms with Gasteiger partial charge in [-0.05, 0) is 24.1 Å². The largest absolute Gasteiger partial charge is 0.478 e. The van der Waals surface area contributed by atoms with Gasteiger partial charge in [-0.25, -0.2) is 4.79 Å². The van der Waals surface area contributed by atoms with Crippen LogP contribution in [0.4, 0.5) is 5.69 Å². The Kier molecular flexibility index (Phi) is 3.59. The Bertz CT molecular complexity index is 374. The number of carboxylic acid groups (broad SMARTS) is 1. The number of rotatable bonds is 3. The van der Waals surface area contributed by atoms with Gasteiger partial charge in [-0.3, -0.25) is 0 Å². The Morgan fingerprint density at radius 3 is 2.86 bits per heavy atom. The van der Waals surface area contributed by atoms with Gasteiger partial charge in [-0.15, -0.1) is 12.6 Å². The zero-order chi connectivity index (χ0) is 10.6. The van der Waals surface area contributed by atoms with E-state index in [1.165, 1.54) is 0 Å². The molecule has 3 N–H and O–H groups in total. The van der Waals surface area contributed by atoms with E-state index in [1.54, 1.807) is 12.1 Å². The molecule has 4 heteroatoms. The van der Waals surface area contributed by atoms with Crippen LogP contribution in [0.25, 0.3) is 0 Å². The smallest absolute Gasteiger partial charge is 0.327 e. The Labute approximate surface area is 87.7 Å². The first kappa shape index (κ1) is 10.7. The third kappa shape index (κ3) is 3.14. The molecule has 0 aliphatic carbocycles. The third-order valence-electron chi connectivity index (χ3n) is 1.71. The summed E-state index contributed by atoms with van der Waals surface area (Å²) in [5, 5.41) is 8.37. The second-order valence-electron chi connectivity index (χ2n) is 2.84. The van der Waals surface area contributed by atoms with Crippen molar-refractivity contribution in [3.05, 3.63) is 35.9 Å². The SMILES string of the molecule is Nc1ccc(C/C=C/C(=O)O)cc1S. The lowest BCUT2D eigenvalue weighted by molar-refractivity contribution is -0.131. The number of carboxylic acids is 1. The van der Waals surface area contributed by atoms with Crippen molar-refractivity contribution in [2.75, 3.05) is 5.73 Å². The van der Waals surface area contributed by atoms with Gasteiger partial charge in [0.25, 0.3) is 0 Å². The van der Waals surface area contributed by atoms with Crippen LogP contribution >= 0.6 is 12.6 Å². The summed E-state index contributed by atoms with van der Waals surface area (Å²) in [5.74, 6) is -0.938. The molecule has 0 aromatic heterocycles. The molecular weight excluding hydrogens is 198 g/mol. The molecule has 14 heavy (non-hydrogen) atoms. The molecule has 0 saturated heterocycles. The molecule has 0 spiro atoms. The Hall–Kier alpha value is -1.42. The number of nitrogens with two attached hydrogens (primary N) is 1. The van der Waals surface area contributed by atoms with Gasteiger partial charge in [0.1, 0.15) is 0 Å². The number of aliphatic carboxylic acids is 1. The van der Waals surface area contributed by atoms with Crippen molar-refractivity contribution in [1.29, 1.82) is 0 Å². The highest BCUT2D eigenvalue weighted by Gasteiger charge is 1.95. The van der Waals surface area contributed by atoms with E-state index in [0.29, 0.717) is 17.0 Å². The van der Waals surface area contributed by atoms with E-state index < -0.39 is 5.97 Å². The molecular formula is C10H11NO2S. The van der Waals surface area contributed by atoms with Crippen LogP contribution in [0, 0.1) is 0 Å². The number of carbonyl (C=O) groups is 1. The Balaban J connectivity index is 2.69. The summed E-state index contributed by atoms with van der Waals surface area (Å²) in [7, 11) is 0. The second kappa shape index (κ2) is 4.72. The molecule has 0 aliphatic heterocycles. The fourth-order valence-electron chi connectivity index (χ4n) is 1.01. The normalized spacial score (nSPS) is 10.6. The van der Waals surface area contributed by atoms with Crippen LogP contribution in [0.15, 0.2) is 35.2 Å². The highest BCUT2D eigenvalue weighted by Crippen LogP contribution is 2.18. The summed E-state index contributed by atoms with van der Waals surface area (Å²) >= 11 is 4.16. The zero-order valence-corrected chi connectivity index (χ0v) is 8.37. The number of allylic oxidation sites excluding steroid dienone is 1. The lowest BCUT2D eigenvalue weighted by Crippen LogP contribution is -1.90. The minimum Gasteiger partial charge on any atom is -0.478 e. The topological polar surface area (TPSA) is 63.3 Å². The van der Waals surface area contributed by atoms with Gasteiger partial charge in [0, 0.05) is 16.7 Å². The predicted octanol–water partition coefficient (Wildman–Crippen LogP) is 1.74. The minimum absolute atomic E-state index is 0.570. The molecule has 1 aromatic carbocycles. The summed E-state index contributed by atoms with van der Waals surface area (Å²) in [6.07, 6.45) is 3.27. The number of benzene rings is 1. The summed E-state index contributed by atoms with van der Waals surface area (Å²) in [6, 6.07) is 5.43. The van der Waals surface area contributed by atoms with Crippen LogP contribution in [0.3, 0.4) is 0 Å². The van der Waals surface area contributed by atoms with E-state index in [-0.39, 0.29) is 0 Å². The van der Waals surface area contributed by atoms with Crippen molar-refractivity contribution in [3.63, 3.8) is 0 Å². The summed E-state index contributed by atoms with van der Waals surface area (Å²) in [4.78, 5) is 10.9. The summed E-state index contributed by atoms with van der Waals surface area (Å²) < 4.78 is 0. The zero-order valence-electron chi connectivity index (χ0n) is 7.47. The fraction of sp³-hybridized carbons (Fsp3) is 0.100. The number of hydrogen-bond donors (Lipinski definition) is 3. The minimum atomic E-state index is -0.938. The molecule has 0 aliphatic rings. The van der Waals surface area contributed by atoms with Crippen molar-refractivity contribution in [2.45, 2.75) is 11.3 Å². The average molecular weight is 209 g/mol. The van der Waals surface area contributed by atoms with Gasteiger partial charge in [0.15, 0.2) is 0 Å². The van der Waals surface area contributed by atoms with Gasteiger partial charge >= 0.3 is 5.97 Å². The van der Waals surface area contributed by atoms with Gasteiger partial charge in [-0.2, -0.15) is 0 Å². The maximum absolute atomic E-state index is 10.2. The van der Waals surface area contributed by atoms with Crippen molar-refractivity contribution >= 4 is 24.3 Å². The molecule has 0 saturated carbocycles. The summed E-state index contributed by atoms with van der Waals surface area (Å²) in [5.41, 5.74) is 7.19. The third-order valence-corrected chi connectivity index (χ3v) is 2.10. The molecule has 0 radical (unpaired) electrons. The monoisotopic (exact) mass is 209 g/mol. The maximum atomic E-state index is 10.2. The van der Waals surface area contributed by atoms with Crippen LogP contribution in [0.1, 0.15) is 5.56 Å². The first-order chi connectivity index (χ1) is 6.59. The van der Waals surface area contributed by atoms with Gasteiger partial charge in [0.2, 0.25) is 0 Å². The quantitative estimate of drug-likeness (QED) is 0.403. The maximum Gasteiger partial charge on any atom is 0.327 e. The van der Waals surface area contributed by atoms with Crippen LogP contribution in [-0.2, 0) is 11.2 Å². The van der Waals surface area contributed by atoms with Crippen LogP contribution < -0.4 is 5.73 Å². The highest BCUT2D eigenvalue weighted by molar-refractivity contribution is 7.80. The van der Waals surface area contributed by atoms with Crippen LogP contribution in [-0.4, -0.2) is 11.1 Å². The molecule has 74 valence electrons. The predicted molar refractivity (Wildman–Crippen MR) is 58.6 cm³/mol. The van der Waals surface area contributed by atoms with Crippen molar-refractivity contribution in [3.8, 4) is 0 Å². The molecule has 0 amide bonds. The lowest BCUT2D eigenvalue weighted by atomic mass is 10.1. The molecule has 0 heterocycles. The standard InChI is InChI=1S/C10H11NO2S/c11-8-5-4-7(6-9(8)14)2-1-3-10(12)13/h1,3-6,14H,2,11H2,(H,12,13)/b3-1+. The van der Waals surface area contributed by atoms with Gasteiger partial charge in [-0.1, -0.05) is 12.1 Å². The number of nitrogen functional groups attached to an aromatic ring is 1. The van der Waals surface area contributed by atoms with E-state index in [1.807, 2.05) is 12.1 Å². The summed E-state index contributed by atoms with van der Waals surface area (Å²) in [6.45, 7) is 0. The fourth-order valence-corrected chi connectivity index (χ4v) is 1.25. The lowest BCUT2D eigenvalue weighted by Gasteiger charge is -2.01. The Morgan fingerprint density at radius 2 is 2.29 bits per heavy atom. The van der Waals surface area contributed by atoms with Crippen molar-refractivity contribution in [1.82, 2.24) is 0 Å². The average Bonchev–Trinajstić information content (AvgIpc) is 2.10. The molecule has 0 fully saturated rings. The van der Waals surface area contributed by atoms with Crippen molar-refractivity contribution < 1.29 is 9.90 Å². The van der Waals surface area contributed by atoms with E-state index in [2.05, 4.69) is 12.6 Å². The van der Waals surface area contributed by atoms with Gasteiger partial charge in [0.05, 0.1) is 0 Å². The van der Waals surface area contributed by atoms with Crippen LogP contribution in [0.2, 0.25) is 0 Å². The number of anilines is 1. The molecule has 3 nitrogen and oxygen atoms in total. The van der Waals surface area contributed by atoms with E-state index in [4.69, 9.17) is 10.8 Å². The van der Waals surface area contributed by atoms with E-state index in [0.717, 1.165) is 11.6 Å². The number of hydrogen-bond acceptors (Lipinski definition) is 3. The first-order valence-electron chi connectivity index (χ1n) is 4.06. The van der Waals surface area contributed by atoms with Crippen molar-refractivity contribution in [2.24, 2.45) is 0 Å². The molecule has 1 rings (SSSR count). The molecule has 0 bridgehead atoms. The Morgan fingerprint density at radius 1 is 1.57 bits per heavy atom. The second-order valence-corrected chi connectivity index (χ2v) is 3.32. The molecule has 1 aromatic rings. The van der Waals surface area contributed by atoms with Gasteiger partial charge < -0.3 is 10.8 Å². The first-order valence-corrected chi connectivity index (χ1v) is 4.51. The van der Waals surface area contributed by atoms with Crippen LogP contribution in [0.5, 0.6) is 0 Å². The van der Waals surface area contributed by atoms with E-state index >= 15 is 0 Å². The molecule has 0 unspecified atom stereocenters. The highest BCUT2D eigenvalue weighted by atomic mass is 32.1. The number of thiol groups is 1. The van der Waals surface area contributed by atoms with E-state index in [9.17, 15) is 4.79 Å². The molecule has 0 atom stereocenters.